The molecule has 0 amide bonds. The molecule has 7 heteroatoms. The molecule has 0 unspecified atom stereocenters. The van der Waals surface area contributed by atoms with E-state index in [-0.39, 0.29) is 17.8 Å². The Bertz CT molecular complexity index is 1350. The van der Waals surface area contributed by atoms with E-state index in [1.165, 1.54) is 0 Å². The van der Waals surface area contributed by atoms with E-state index in [1.807, 2.05) is 67.6 Å². The van der Waals surface area contributed by atoms with Crippen LogP contribution in [-0.2, 0) is 0 Å². The van der Waals surface area contributed by atoms with Gasteiger partial charge in [-0.1, -0.05) is 30.3 Å². The van der Waals surface area contributed by atoms with Gasteiger partial charge in [-0.05, 0) is 74.1 Å². The zero-order chi connectivity index (χ0) is 23.8. The predicted molar refractivity (Wildman–Crippen MR) is 138 cm³/mol. The fourth-order valence-electron chi connectivity index (χ4n) is 4.87. The van der Waals surface area contributed by atoms with Crippen molar-refractivity contribution in [3.05, 3.63) is 102 Å². The van der Waals surface area contributed by atoms with Crippen molar-refractivity contribution in [2.75, 3.05) is 12.0 Å². The standard InChI is InChI=1S/C27H26N4O2S/c1-17-16-19(18(2)30(17)21-11-4-6-13-23(21)32)26-25(20-10-8-9-15-28-20)29-27(34)31(26)22-12-5-7-14-24(22)33-3/h4-16,25-26,32H,1-3H3,(H,29,34)/t25-,26+/m1/s1. The number of aromatic nitrogens is 2. The first kappa shape index (κ1) is 22.0. The van der Waals surface area contributed by atoms with Crippen molar-refractivity contribution < 1.29 is 9.84 Å². The van der Waals surface area contributed by atoms with Crippen molar-refractivity contribution in [2.24, 2.45) is 0 Å². The number of pyridine rings is 1. The lowest BCUT2D eigenvalue weighted by molar-refractivity contribution is 0.414. The summed E-state index contributed by atoms with van der Waals surface area (Å²) in [6.45, 7) is 4.12. The number of benzene rings is 2. The first-order valence-corrected chi connectivity index (χ1v) is 11.5. The van der Waals surface area contributed by atoms with Crippen molar-refractivity contribution in [3.8, 4) is 17.2 Å². The number of rotatable bonds is 5. The van der Waals surface area contributed by atoms with Gasteiger partial charge in [0.05, 0.1) is 36.3 Å². The minimum atomic E-state index is -0.176. The second-order valence-corrected chi connectivity index (χ2v) is 8.71. The number of anilines is 1. The SMILES string of the molecule is COc1ccccc1N1C(=S)N[C@H](c2ccccn2)[C@@H]1c1cc(C)n(-c2ccccc2O)c1C. The quantitative estimate of drug-likeness (QED) is 0.382. The molecule has 1 aliphatic heterocycles. The lowest BCUT2D eigenvalue weighted by Crippen LogP contribution is -2.30. The van der Waals surface area contributed by atoms with Gasteiger partial charge in [0.1, 0.15) is 11.5 Å². The Morgan fingerprint density at radius 1 is 0.971 bits per heavy atom. The summed E-state index contributed by atoms with van der Waals surface area (Å²) in [6.07, 6.45) is 1.80. The summed E-state index contributed by atoms with van der Waals surface area (Å²) >= 11 is 5.87. The summed E-state index contributed by atoms with van der Waals surface area (Å²) in [7, 11) is 1.67. The summed E-state index contributed by atoms with van der Waals surface area (Å²) in [5, 5.41) is 14.7. The fourth-order valence-corrected chi connectivity index (χ4v) is 5.21. The molecule has 172 valence electrons. The number of nitrogens with one attached hydrogen (secondary N) is 1. The van der Waals surface area contributed by atoms with Crippen LogP contribution in [0.1, 0.15) is 34.7 Å². The summed E-state index contributed by atoms with van der Waals surface area (Å²) in [5.74, 6) is 0.978. The van der Waals surface area contributed by atoms with Crippen LogP contribution in [0.2, 0.25) is 0 Å². The van der Waals surface area contributed by atoms with Crippen LogP contribution in [0, 0.1) is 13.8 Å². The number of ether oxygens (including phenoxy) is 1. The van der Waals surface area contributed by atoms with Gasteiger partial charge in [0, 0.05) is 17.6 Å². The molecule has 6 nitrogen and oxygen atoms in total. The number of methoxy groups -OCH3 is 1. The number of nitrogens with zero attached hydrogens (tertiary/aromatic N) is 3. The van der Waals surface area contributed by atoms with E-state index >= 15 is 0 Å². The van der Waals surface area contributed by atoms with Crippen LogP contribution in [0.4, 0.5) is 5.69 Å². The molecule has 1 saturated heterocycles. The molecule has 2 aromatic carbocycles. The predicted octanol–water partition coefficient (Wildman–Crippen LogP) is 5.38. The van der Waals surface area contributed by atoms with Crippen LogP contribution in [-0.4, -0.2) is 26.9 Å². The Kier molecular flexibility index (Phi) is 5.71. The van der Waals surface area contributed by atoms with Crippen molar-refractivity contribution in [1.82, 2.24) is 14.9 Å². The van der Waals surface area contributed by atoms with Gasteiger partial charge in [-0.2, -0.15) is 0 Å². The number of phenolic OH excluding ortho intramolecular Hbond substituents is 1. The van der Waals surface area contributed by atoms with Crippen LogP contribution in [0.15, 0.2) is 79.0 Å². The molecule has 0 spiro atoms. The van der Waals surface area contributed by atoms with Crippen LogP contribution in [0.25, 0.3) is 5.69 Å². The summed E-state index contributed by atoms with van der Waals surface area (Å²) in [6, 6.07) is 23.0. The molecule has 5 rings (SSSR count). The molecule has 0 aliphatic carbocycles. The number of hydrogen-bond donors (Lipinski definition) is 2. The Morgan fingerprint density at radius 3 is 2.38 bits per heavy atom. The third-order valence-electron chi connectivity index (χ3n) is 6.35. The van der Waals surface area contributed by atoms with E-state index < -0.39 is 0 Å². The summed E-state index contributed by atoms with van der Waals surface area (Å²) in [4.78, 5) is 6.76. The molecule has 1 aliphatic rings. The van der Waals surface area contributed by atoms with E-state index in [2.05, 4.69) is 32.8 Å². The van der Waals surface area contributed by atoms with E-state index in [1.54, 1.807) is 19.4 Å². The monoisotopic (exact) mass is 470 g/mol. The molecule has 2 aromatic heterocycles. The highest BCUT2D eigenvalue weighted by Crippen LogP contribution is 2.46. The Morgan fingerprint density at radius 2 is 1.68 bits per heavy atom. The third kappa shape index (κ3) is 3.58. The van der Waals surface area contributed by atoms with Crippen molar-refractivity contribution in [3.63, 3.8) is 0 Å². The lowest BCUT2D eigenvalue weighted by Gasteiger charge is -2.29. The van der Waals surface area contributed by atoms with Crippen LogP contribution in [0.5, 0.6) is 11.5 Å². The second kappa shape index (κ2) is 8.83. The molecule has 2 N–H and O–H groups in total. The summed E-state index contributed by atoms with van der Waals surface area (Å²) < 4.78 is 7.78. The molecule has 2 atom stereocenters. The van der Waals surface area contributed by atoms with Gasteiger partial charge in [-0.25, -0.2) is 0 Å². The number of aromatic hydroxyl groups is 1. The first-order chi connectivity index (χ1) is 16.5. The van der Waals surface area contributed by atoms with E-state index in [9.17, 15) is 5.11 Å². The highest BCUT2D eigenvalue weighted by Gasteiger charge is 2.43. The van der Waals surface area contributed by atoms with Gasteiger partial charge in [-0.3, -0.25) is 4.98 Å². The second-order valence-electron chi connectivity index (χ2n) is 8.32. The molecule has 3 heterocycles. The average Bonchev–Trinajstić information content (AvgIpc) is 3.35. The van der Waals surface area contributed by atoms with Crippen molar-refractivity contribution >= 4 is 23.0 Å². The van der Waals surface area contributed by atoms with Crippen LogP contribution < -0.4 is 15.0 Å². The Labute approximate surface area is 204 Å². The third-order valence-corrected chi connectivity index (χ3v) is 6.67. The van der Waals surface area contributed by atoms with Gasteiger partial charge in [0.2, 0.25) is 0 Å². The number of aryl methyl sites for hydroxylation is 1. The molecular weight excluding hydrogens is 444 g/mol. The Hall–Kier alpha value is -3.84. The van der Waals surface area contributed by atoms with Crippen molar-refractivity contribution in [2.45, 2.75) is 25.9 Å². The molecular formula is C27H26N4O2S. The maximum absolute atomic E-state index is 10.6. The van der Waals surface area contributed by atoms with E-state index in [0.717, 1.165) is 39.8 Å². The zero-order valence-electron chi connectivity index (χ0n) is 19.3. The highest BCUT2D eigenvalue weighted by molar-refractivity contribution is 7.80. The number of hydrogen-bond acceptors (Lipinski definition) is 4. The molecule has 34 heavy (non-hydrogen) atoms. The van der Waals surface area contributed by atoms with Crippen LogP contribution >= 0.6 is 12.2 Å². The lowest BCUT2D eigenvalue weighted by atomic mass is 9.96. The fraction of sp³-hybridized carbons (Fsp3) is 0.185. The largest absolute Gasteiger partial charge is 0.506 e. The first-order valence-electron chi connectivity index (χ1n) is 11.1. The minimum absolute atomic E-state index is 0.170. The topological polar surface area (TPSA) is 62.5 Å². The number of phenols is 1. The molecule has 0 bridgehead atoms. The number of para-hydroxylation sites is 4. The van der Waals surface area contributed by atoms with E-state index in [0.29, 0.717) is 5.11 Å². The maximum Gasteiger partial charge on any atom is 0.174 e. The van der Waals surface area contributed by atoms with Gasteiger partial charge in [-0.15, -0.1) is 0 Å². The van der Waals surface area contributed by atoms with E-state index in [4.69, 9.17) is 17.0 Å². The Balaban J connectivity index is 1.72. The zero-order valence-corrected chi connectivity index (χ0v) is 20.1. The minimum Gasteiger partial charge on any atom is -0.506 e. The normalized spacial score (nSPS) is 17.6. The van der Waals surface area contributed by atoms with Gasteiger partial charge >= 0.3 is 0 Å². The smallest absolute Gasteiger partial charge is 0.174 e. The highest BCUT2D eigenvalue weighted by atomic mass is 32.1. The summed E-state index contributed by atoms with van der Waals surface area (Å²) in [5.41, 5.74) is 5.67. The molecule has 1 fully saturated rings. The van der Waals surface area contributed by atoms with Crippen molar-refractivity contribution in [1.29, 1.82) is 0 Å². The maximum atomic E-state index is 10.6. The molecule has 0 radical (unpaired) electrons. The van der Waals surface area contributed by atoms with Gasteiger partial charge < -0.3 is 24.6 Å². The van der Waals surface area contributed by atoms with Gasteiger partial charge in [0.25, 0.3) is 0 Å². The average molecular weight is 471 g/mol. The number of thiocarbonyl (C=S) groups is 1. The van der Waals surface area contributed by atoms with Gasteiger partial charge in [0.15, 0.2) is 5.11 Å². The molecule has 4 aromatic rings. The van der Waals surface area contributed by atoms with Crippen LogP contribution in [0.3, 0.4) is 0 Å². The molecule has 0 saturated carbocycles.